The van der Waals surface area contributed by atoms with Gasteiger partial charge in [0.15, 0.2) is 5.96 Å². The Hall–Kier alpha value is -1.86. The Bertz CT molecular complexity index is 762. The third kappa shape index (κ3) is 4.41. The molecule has 0 spiro atoms. The summed E-state index contributed by atoms with van der Waals surface area (Å²) in [5.41, 5.74) is 1.34. The third-order valence-corrected chi connectivity index (χ3v) is 6.86. The van der Waals surface area contributed by atoms with Gasteiger partial charge in [-0.25, -0.2) is 0 Å². The molecule has 2 atom stereocenters. The van der Waals surface area contributed by atoms with Crippen molar-refractivity contribution in [1.29, 1.82) is 0 Å². The van der Waals surface area contributed by atoms with Crippen LogP contribution in [-0.4, -0.2) is 64.8 Å². The quantitative estimate of drug-likeness (QED) is 0.598. The fourth-order valence-corrected chi connectivity index (χ4v) is 5.25. The molecule has 2 aliphatic heterocycles. The van der Waals surface area contributed by atoms with Crippen LogP contribution in [0, 0.1) is 0 Å². The zero-order valence-corrected chi connectivity index (χ0v) is 17.9. The van der Waals surface area contributed by atoms with Crippen molar-refractivity contribution < 1.29 is 0 Å². The largest absolute Gasteiger partial charge is 0.357 e. The van der Waals surface area contributed by atoms with Gasteiger partial charge < -0.3 is 10.2 Å². The summed E-state index contributed by atoms with van der Waals surface area (Å²) in [4.78, 5) is 11.6. The van der Waals surface area contributed by atoms with Gasteiger partial charge in [0, 0.05) is 43.7 Å². The lowest BCUT2D eigenvalue weighted by Gasteiger charge is -2.27. The van der Waals surface area contributed by atoms with Gasteiger partial charge in [-0.2, -0.15) is 5.10 Å². The smallest absolute Gasteiger partial charge is 0.194 e. The molecule has 2 unspecified atom stereocenters. The molecule has 2 aromatic rings. The van der Waals surface area contributed by atoms with Crippen LogP contribution in [0.1, 0.15) is 48.6 Å². The van der Waals surface area contributed by atoms with Crippen molar-refractivity contribution in [3.63, 3.8) is 0 Å². The predicted molar refractivity (Wildman–Crippen MR) is 116 cm³/mol. The van der Waals surface area contributed by atoms with E-state index in [2.05, 4.69) is 50.8 Å². The average Bonchev–Trinajstić information content (AvgIpc) is 3.47. The molecule has 0 radical (unpaired) electrons. The Morgan fingerprint density at radius 3 is 2.89 bits per heavy atom. The first-order chi connectivity index (χ1) is 13.7. The zero-order valence-electron chi connectivity index (χ0n) is 17.0. The first-order valence-electron chi connectivity index (χ1n) is 10.5. The number of nitrogens with one attached hydrogen (secondary N) is 1. The summed E-state index contributed by atoms with van der Waals surface area (Å²) in [5, 5.41) is 10.1. The van der Waals surface area contributed by atoms with Gasteiger partial charge in [0.05, 0.1) is 18.8 Å². The van der Waals surface area contributed by atoms with E-state index in [9.17, 15) is 0 Å². The second-order valence-electron chi connectivity index (χ2n) is 7.85. The Morgan fingerprint density at radius 1 is 1.36 bits per heavy atom. The fraction of sp³-hybridized carbons (Fsp3) is 0.619. The summed E-state index contributed by atoms with van der Waals surface area (Å²) in [5.74, 6) is 1.61. The van der Waals surface area contributed by atoms with Crippen LogP contribution < -0.4 is 5.32 Å². The highest BCUT2D eigenvalue weighted by molar-refractivity contribution is 7.10. The highest BCUT2D eigenvalue weighted by atomic mass is 32.1. The molecular weight excluding hydrogens is 368 g/mol. The van der Waals surface area contributed by atoms with Crippen LogP contribution >= 0.6 is 11.3 Å². The minimum absolute atomic E-state index is 0.410. The number of likely N-dealkylation sites (tertiary alicyclic amines) is 2. The summed E-state index contributed by atoms with van der Waals surface area (Å²) in [6.07, 6.45) is 7.95. The molecule has 2 aromatic heterocycles. The van der Waals surface area contributed by atoms with E-state index in [4.69, 9.17) is 4.99 Å². The maximum Gasteiger partial charge on any atom is 0.194 e. The SMILES string of the molecule is CCNC(=NCC(c1cccs1)N1CCCC1)N1CCC(c2cnn(C)c2)C1. The standard InChI is InChI=1S/C21H32N6S/c1-3-22-21(27-11-8-17(16-27)18-13-24-25(2)15-18)23-14-19(20-7-6-12-28-20)26-9-4-5-10-26/h6-7,12-13,15,17,19H,3-5,8-11,14,16H2,1-2H3,(H,22,23). The molecule has 28 heavy (non-hydrogen) atoms. The van der Waals surface area contributed by atoms with E-state index in [1.165, 1.54) is 36.4 Å². The van der Waals surface area contributed by atoms with Gasteiger partial charge in [-0.1, -0.05) is 6.07 Å². The molecule has 152 valence electrons. The molecule has 0 aliphatic carbocycles. The maximum absolute atomic E-state index is 5.11. The number of thiophene rings is 1. The van der Waals surface area contributed by atoms with Crippen LogP contribution in [0.5, 0.6) is 0 Å². The lowest BCUT2D eigenvalue weighted by molar-refractivity contribution is 0.254. The molecule has 2 aliphatic rings. The molecule has 4 rings (SSSR count). The normalized spacial score (nSPS) is 22.1. The van der Waals surface area contributed by atoms with Gasteiger partial charge in [-0.3, -0.25) is 14.6 Å². The second kappa shape index (κ2) is 9.09. The van der Waals surface area contributed by atoms with Gasteiger partial charge in [-0.15, -0.1) is 11.3 Å². The van der Waals surface area contributed by atoms with E-state index in [1.807, 2.05) is 29.3 Å². The Balaban J connectivity index is 1.46. The Morgan fingerprint density at radius 2 is 2.21 bits per heavy atom. The summed E-state index contributed by atoms with van der Waals surface area (Å²) < 4.78 is 1.90. The number of aromatic nitrogens is 2. The molecule has 2 saturated heterocycles. The highest BCUT2D eigenvalue weighted by Gasteiger charge is 2.28. The van der Waals surface area contributed by atoms with Crippen molar-refractivity contribution >= 4 is 17.3 Å². The Labute approximate surface area is 172 Å². The highest BCUT2D eigenvalue weighted by Crippen LogP contribution is 2.30. The van der Waals surface area contributed by atoms with Crippen molar-refractivity contribution in [2.75, 3.05) is 39.3 Å². The first-order valence-corrected chi connectivity index (χ1v) is 11.4. The molecule has 0 saturated carbocycles. The van der Waals surface area contributed by atoms with Crippen LogP contribution in [0.25, 0.3) is 0 Å². The molecule has 2 fully saturated rings. The number of nitrogens with zero attached hydrogens (tertiary/aromatic N) is 5. The molecule has 0 bridgehead atoms. The van der Waals surface area contributed by atoms with Gasteiger partial charge in [0.2, 0.25) is 0 Å². The van der Waals surface area contributed by atoms with Crippen molar-refractivity contribution in [3.8, 4) is 0 Å². The van der Waals surface area contributed by atoms with E-state index >= 15 is 0 Å². The van der Waals surface area contributed by atoms with E-state index in [-0.39, 0.29) is 0 Å². The Kier molecular flexibility index (Phi) is 6.32. The third-order valence-electron chi connectivity index (χ3n) is 5.89. The van der Waals surface area contributed by atoms with E-state index in [0.717, 1.165) is 38.6 Å². The van der Waals surface area contributed by atoms with Crippen molar-refractivity contribution in [1.82, 2.24) is 24.9 Å². The summed E-state index contributed by atoms with van der Waals surface area (Å²) in [6.45, 7) is 8.35. The number of guanidine groups is 1. The number of hydrogen-bond donors (Lipinski definition) is 1. The van der Waals surface area contributed by atoms with E-state index in [1.54, 1.807) is 0 Å². The van der Waals surface area contributed by atoms with Crippen LogP contribution in [-0.2, 0) is 7.05 Å². The lowest BCUT2D eigenvalue weighted by atomic mass is 10.0. The first kappa shape index (κ1) is 19.5. The molecule has 4 heterocycles. The molecule has 0 aromatic carbocycles. The fourth-order valence-electron chi connectivity index (χ4n) is 4.39. The number of hydrogen-bond acceptors (Lipinski definition) is 4. The molecule has 6 nitrogen and oxygen atoms in total. The molecular formula is C21H32N6S. The van der Waals surface area contributed by atoms with Crippen LogP contribution in [0.3, 0.4) is 0 Å². The summed E-state index contributed by atoms with van der Waals surface area (Å²) in [7, 11) is 1.99. The van der Waals surface area contributed by atoms with Gasteiger partial charge >= 0.3 is 0 Å². The summed E-state index contributed by atoms with van der Waals surface area (Å²) >= 11 is 1.86. The van der Waals surface area contributed by atoms with Gasteiger partial charge in [0.1, 0.15) is 0 Å². The monoisotopic (exact) mass is 400 g/mol. The van der Waals surface area contributed by atoms with E-state index in [0.29, 0.717) is 12.0 Å². The number of aryl methyl sites for hydroxylation is 1. The lowest BCUT2D eigenvalue weighted by Crippen LogP contribution is -2.40. The minimum Gasteiger partial charge on any atom is -0.357 e. The van der Waals surface area contributed by atoms with E-state index < -0.39 is 0 Å². The molecule has 7 heteroatoms. The maximum atomic E-state index is 5.11. The van der Waals surface area contributed by atoms with Gasteiger partial charge in [0.25, 0.3) is 0 Å². The van der Waals surface area contributed by atoms with Crippen LogP contribution in [0.15, 0.2) is 34.9 Å². The second-order valence-corrected chi connectivity index (χ2v) is 8.83. The van der Waals surface area contributed by atoms with Crippen LogP contribution in [0.2, 0.25) is 0 Å². The van der Waals surface area contributed by atoms with Crippen LogP contribution in [0.4, 0.5) is 0 Å². The number of rotatable bonds is 6. The minimum atomic E-state index is 0.410. The van der Waals surface area contributed by atoms with Crippen molar-refractivity contribution in [3.05, 3.63) is 40.3 Å². The molecule has 0 amide bonds. The predicted octanol–water partition coefficient (Wildman–Crippen LogP) is 3.07. The topological polar surface area (TPSA) is 48.7 Å². The van der Waals surface area contributed by atoms with Gasteiger partial charge in [-0.05, 0) is 56.3 Å². The van der Waals surface area contributed by atoms with Crippen molar-refractivity contribution in [2.24, 2.45) is 12.0 Å². The zero-order chi connectivity index (χ0) is 19.3. The number of aliphatic imine (C=N–C) groups is 1. The van der Waals surface area contributed by atoms with Crippen molar-refractivity contribution in [2.45, 2.75) is 38.1 Å². The average molecular weight is 401 g/mol. The summed E-state index contributed by atoms with van der Waals surface area (Å²) in [6, 6.07) is 4.84. The molecule has 1 N–H and O–H groups in total.